The fourth-order valence-corrected chi connectivity index (χ4v) is 4.31. The summed E-state index contributed by atoms with van der Waals surface area (Å²) in [5.41, 5.74) is 2.80. The van der Waals surface area contributed by atoms with E-state index in [-0.39, 0.29) is 0 Å². The number of benzene rings is 1. The molecule has 0 spiro atoms. The van der Waals surface area contributed by atoms with Crippen LogP contribution in [-0.4, -0.2) is 59.4 Å². The minimum Gasteiger partial charge on any atom is -0.473 e. The zero-order valence-electron chi connectivity index (χ0n) is 14.6. The fraction of sp³-hybridized carbons (Fsp3) is 0.500. The van der Waals surface area contributed by atoms with Gasteiger partial charge in [-0.05, 0) is 43.4 Å². The maximum absolute atomic E-state index is 9.10. The Morgan fingerprint density at radius 1 is 1.31 bits per heavy atom. The number of nitrogens with zero attached hydrogens (tertiary/aromatic N) is 2. The minimum absolute atomic E-state index is 0.478. The number of thioether (sulfide) groups is 1. The highest BCUT2D eigenvalue weighted by Gasteiger charge is 2.33. The molecule has 0 bridgehead atoms. The van der Waals surface area contributed by atoms with Crippen LogP contribution in [0.2, 0.25) is 0 Å². The van der Waals surface area contributed by atoms with Crippen LogP contribution in [0.15, 0.2) is 28.1 Å². The zero-order chi connectivity index (χ0) is 18.7. The fourth-order valence-electron chi connectivity index (χ4n) is 3.02. The average molecular weight is 377 g/mol. The Bertz CT molecular complexity index is 721. The number of aliphatic carboxylic acids is 2. The average Bonchev–Trinajstić information content (AvgIpc) is 3.24. The standard InChI is InChI=1S/C16H21N3S.C2H2O4/c1-11-2-5-14-13(8-11)19(9-12-3-4-12)10-15(20-14)16-17-6-7-18-16;3-1(4)2(5)6/h2,5,8,12,15H,3-4,6-7,9-10H2,1H3,(H,17,18);(H,3,4)(H,5,6). The molecule has 0 aromatic heterocycles. The van der Waals surface area contributed by atoms with Crippen LogP contribution in [-0.2, 0) is 9.59 Å². The lowest BCUT2D eigenvalue weighted by atomic mass is 10.1. The third kappa shape index (κ3) is 4.69. The van der Waals surface area contributed by atoms with Gasteiger partial charge in [0.15, 0.2) is 0 Å². The Balaban J connectivity index is 0.000000286. The number of carboxylic acid groups (broad SMARTS) is 2. The highest BCUT2D eigenvalue weighted by molar-refractivity contribution is 8.01. The number of aliphatic imine (C=N–C) groups is 1. The lowest BCUT2D eigenvalue weighted by Gasteiger charge is -2.36. The van der Waals surface area contributed by atoms with Gasteiger partial charge in [-0.2, -0.15) is 0 Å². The first-order valence-corrected chi connectivity index (χ1v) is 9.58. The zero-order valence-corrected chi connectivity index (χ0v) is 15.5. The van der Waals surface area contributed by atoms with Gasteiger partial charge in [0.05, 0.1) is 17.5 Å². The van der Waals surface area contributed by atoms with Gasteiger partial charge in [-0.25, -0.2) is 9.59 Å². The van der Waals surface area contributed by atoms with Gasteiger partial charge in [0.25, 0.3) is 0 Å². The van der Waals surface area contributed by atoms with Crippen LogP contribution < -0.4 is 10.2 Å². The molecule has 2 heterocycles. The second-order valence-electron chi connectivity index (χ2n) is 6.73. The Labute approximate surface area is 156 Å². The Morgan fingerprint density at radius 3 is 2.62 bits per heavy atom. The lowest BCUT2D eigenvalue weighted by Crippen LogP contribution is -2.43. The van der Waals surface area contributed by atoms with E-state index in [1.807, 2.05) is 11.8 Å². The van der Waals surface area contributed by atoms with E-state index >= 15 is 0 Å². The van der Waals surface area contributed by atoms with E-state index in [4.69, 9.17) is 19.8 Å². The van der Waals surface area contributed by atoms with Crippen molar-refractivity contribution in [2.24, 2.45) is 10.9 Å². The number of fused-ring (bicyclic) bond motifs is 1. The molecule has 1 unspecified atom stereocenters. The van der Waals surface area contributed by atoms with Crippen LogP contribution in [0.5, 0.6) is 0 Å². The van der Waals surface area contributed by atoms with E-state index in [9.17, 15) is 0 Å². The molecule has 2 aliphatic heterocycles. The molecule has 8 heteroatoms. The first-order chi connectivity index (χ1) is 12.4. The Hall–Kier alpha value is -2.22. The summed E-state index contributed by atoms with van der Waals surface area (Å²) in [4.78, 5) is 26.9. The van der Waals surface area contributed by atoms with Crippen LogP contribution in [0, 0.1) is 12.8 Å². The number of aryl methyl sites for hydroxylation is 1. The molecule has 3 aliphatic rings. The summed E-state index contributed by atoms with van der Waals surface area (Å²) in [5.74, 6) is -1.52. The van der Waals surface area contributed by atoms with Gasteiger partial charge in [0, 0.05) is 24.5 Å². The lowest BCUT2D eigenvalue weighted by molar-refractivity contribution is -0.159. The third-order valence-electron chi connectivity index (χ3n) is 4.47. The minimum atomic E-state index is -1.82. The number of carbonyl (C=O) groups is 2. The molecule has 3 N–H and O–H groups in total. The molecule has 1 fully saturated rings. The molecule has 1 aromatic rings. The van der Waals surface area contributed by atoms with Crippen molar-refractivity contribution in [3.8, 4) is 0 Å². The van der Waals surface area contributed by atoms with Crippen molar-refractivity contribution in [1.29, 1.82) is 0 Å². The molecular weight excluding hydrogens is 354 g/mol. The van der Waals surface area contributed by atoms with E-state index in [2.05, 4.69) is 40.3 Å². The quantitative estimate of drug-likeness (QED) is 0.691. The predicted octanol–water partition coefficient (Wildman–Crippen LogP) is 1.84. The SMILES string of the molecule is Cc1ccc2c(c1)N(CC1CC1)CC(C1=NCCN1)S2.O=C(O)C(=O)O. The van der Waals surface area contributed by atoms with E-state index in [0.29, 0.717) is 5.25 Å². The van der Waals surface area contributed by atoms with Crippen molar-refractivity contribution in [3.05, 3.63) is 23.8 Å². The second kappa shape index (κ2) is 7.99. The number of hydrogen-bond donors (Lipinski definition) is 3. The van der Waals surface area contributed by atoms with Crippen molar-refractivity contribution in [2.75, 3.05) is 31.1 Å². The van der Waals surface area contributed by atoms with Crippen molar-refractivity contribution in [3.63, 3.8) is 0 Å². The molecule has 140 valence electrons. The molecule has 0 amide bonds. The molecule has 0 saturated heterocycles. The molecule has 0 radical (unpaired) electrons. The van der Waals surface area contributed by atoms with Gasteiger partial charge in [-0.1, -0.05) is 6.07 Å². The number of anilines is 1. The Morgan fingerprint density at radius 2 is 2.04 bits per heavy atom. The van der Waals surface area contributed by atoms with Gasteiger partial charge in [-0.15, -0.1) is 11.8 Å². The summed E-state index contributed by atoms with van der Waals surface area (Å²) in [7, 11) is 0. The molecule has 7 nitrogen and oxygen atoms in total. The molecular formula is C18H23N3O4S. The van der Waals surface area contributed by atoms with Crippen LogP contribution in [0.1, 0.15) is 18.4 Å². The predicted molar refractivity (Wildman–Crippen MR) is 101 cm³/mol. The number of nitrogens with one attached hydrogen (secondary N) is 1. The number of amidine groups is 1. The third-order valence-corrected chi connectivity index (χ3v) is 5.73. The van der Waals surface area contributed by atoms with Gasteiger partial charge < -0.3 is 20.4 Å². The van der Waals surface area contributed by atoms with Gasteiger partial charge in [-0.3, -0.25) is 4.99 Å². The normalized spacial score (nSPS) is 21.0. The van der Waals surface area contributed by atoms with Crippen molar-refractivity contribution in [2.45, 2.75) is 29.9 Å². The number of rotatable bonds is 3. The summed E-state index contributed by atoms with van der Waals surface area (Å²) in [6, 6.07) is 6.87. The van der Waals surface area contributed by atoms with Crippen LogP contribution >= 0.6 is 11.8 Å². The monoisotopic (exact) mass is 377 g/mol. The smallest absolute Gasteiger partial charge is 0.414 e. The van der Waals surface area contributed by atoms with Crippen LogP contribution in [0.4, 0.5) is 5.69 Å². The van der Waals surface area contributed by atoms with E-state index < -0.39 is 11.9 Å². The van der Waals surface area contributed by atoms with Gasteiger partial charge in [0.1, 0.15) is 5.84 Å². The van der Waals surface area contributed by atoms with Crippen molar-refractivity contribution in [1.82, 2.24) is 5.32 Å². The van der Waals surface area contributed by atoms with Crippen molar-refractivity contribution >= 4 is 35.2 Å². The second-order valence-corrected chi connectivity index (χ2v) is 7.97. The molecule has 1 aliphatic carbocycles. The van der Waals surface area contributed by atoms with Gasteiger partial charge >= 0.3 is 11.9 Å². The number of carboxylic acids is 2. The summed E-state index contributed by atoms with van der Waals surface area (Å²) >= 11 is 1.98. The molecule has 1 atom stereocenters. The first kappa shape index (κ1) is 18.6. The maximum Gasteiger partial charge on any atom is 0.414 e. The summed E-state index contributed by atoms with van der Waals surface area (Å²) in [6.07, 6.45) is 2.82. The summed E-state index contributed by atoms with van der Waals surface area (Å²) < 4.78 is 0. The van der Waals surface area contributed by atoms with E-state index in [1.54, 1.807) is 0 Å². The molecule has 1 aromatic carbocycles. The van der Waals surface area contributed by atoms with E-state index in [1.165, 1.54) is 41.4 Å². The maximum atomic E-state index is 9.10. The molecule has 4 rings (SSSR count). The van der Waals surface area contributed by atoms with Gasteiger partial charge in [0.2, 0.25) is 0 Å². The number of hydrogen-bond acceptors (Lipinski definition) is 6. The van der Waals surface area contributed by atoms with E-state index in [0.717, 1.165) is 25.6 Å². The highest BCUT2D eigenvalue weighted by atomic mass is 32.2. The molecule has 26 heavy (non-hydrogen) atoms. The van der Waals surface area contributed by atoms with Crippen LogP contribution in [0.25, 0.3) is 0 Å². The van der Waals surface area contributed by atoms with Crippen molar-refractivity contribution < 1.29 is 19.8 Å². The van der Waals surface area contributed by atoms with Crippen LogP contribution in [0.3, 0.4) is 0 Å². The largest absolute Gasteiger partial charge is 0.473 e. The first-order valence-electron chi connectivity index (χ1n) is 8.70. The highest BCUT2D eigenvalue weighted by Crippen LogP contribution is 2.41. The summed E-state index contributed by atoms with van der Waals surface area (Å²) in [5, 5.41) is 18.7. The topological polar surface area (TPSA) is 102 Å². The Kier molecular flexibility index (Phi) is 5.70. The summed E-state index contributed by atoms with van der Waals surface area (Å²) in [6.45, 7) is 6.46. The molecule has 1 saturated carbocycles.